The van der Waals surface area contributed by atoms with Crippen molar-refractivity contribution in [3.05, 3.63) is 127 Å². The van der Waals surface area contributed by atoms with Gasteiger partial charge >= 0.3 is 0 Å². The Balaban J connectivity index is 1.43. The summed E-state index contributed by atoms with van der Waals surface area (Å²) in [6.45, 7) is 0. The number of thiophene rings is 1. The van der Waals surface area contributed by atoms with E-state index in [1.54, 1.807) is 0 Å². The van der Waals surface area contributed by atoms with Crippen LogP contribution in [0.4, 0.5) is 0 Å². The lowest BCUT2D eigenvalue weighted by atomic mass is 9.98. The molecule has 2 heteroatoms. The predicted molar refractivity (Wildman–Crippen MR) is 160 cm³/mol. The molecule has 0 radical (unpaired) electrons. The van der Waals surface area contributed by atoms with E-state index in [9.17, 15) is 0 Å². The van der Waals surface area contributed by atoms with Gasteiger partial charge in [-0.15, -0.1) is 11.3 Å². The van der Waals surface area contributed by atoms with Crippen molar-refractivity contribution >= 4 is 66.1 Å². The third kappa shape index (κ3) is 2.91. The largest absolute Gasteiger partial charge is 0.135 e. The Morgan fingerprint density at radius 1 is 0.389 bits per heavy atom. The van der Waals surface area contributed by atoms with Crippen molar-refractivity contribution in [3.63, 3.8) is 0 Å². The van der Waals surface area contributed by atoms with Crippen molar-refractivity contribution in [1.82, 2.24) is 0 Å². The Morgan fingerprint density at radius 3 is 1.75 bits per heavy atom. The van der Waals surface area contributed by atoms with Crippen LogP contribution >= 0.6 is 19.3 Å². The minimum absolute atomic E-state index is 0.632. The van der Waals surface area contributed by atoms with E-state index < -0.39 is 7.92 Å². The van der Waals surface area contributed by atoms with Gasteiger partial charge in [-0.1, -0.05) is 109 Å². The molecule has 0 nitrogen and oxygen atoms in total. The second kappa shape index (κ2) is 7.87. The van der Waals surface area contributed by atoms with Crippen molar-refractivity contribution in [3.8, 4) is 22.3 Å². The van der Waals surface area contributed by atoms with Crippen LogP contribution in [0.15, 0.2) is 127 Å². The third-order valence-corrected chi connectivity index (χ3v) is 10.9. The Bertz CT molecular complexity index is 1890. The van der Waals surface area contributed by atoms with Crippen LogP contribution < -0.4 is 15.9 Å². The van der Waals surface area contributed by atoms with Crippen LogP contribution in [0.5, 0.6) is 0 Å². The zero-order valence-electron chi connectivity index (χ0n) is 19.5. The molecule has 8 rings (SSSR count). The highest BCUT2D eigenvalue weighted by atomic mass is 32.1. The molecule has 1 aliphatic rings. The van der Waals surface area contributed by atoms with Crippen molar-refractivity contribution in [1.29, 1.82) is 0 Å². The molecular formula is C34H21PS. The molecule has 1 aromatic heterocycles. The first-order valence-corrected chi connectivity index (χ1v) is 14.4. The van der Waals surface area contributed by atoms with Gasteiger partial charge in [0.15, 0.2) is 0 Å². The standard InChI is InChI=1S/C34H21PS/c1-3-10-22(11-4-1)35(23-12-5-2-6-13-23)24-18-19-31-30(20-24)34-28-17-9-16-27-25-14-7-8-15-26(25)29(33(27)28)21-32(34)36-31/h1-21H. The average molecular weight is 493 g/mol. The van der Waals surface area contributed by atoms with Crippen LogP contribution in [0.1, 0.15) is 0 Å². The Kier molecular flexibility index (Phi) is 4.46. The fourth-order valence-electron chi connectivity index (χ4n) is 5.87. The van der Waals surface area contributed by atoms with Gasteiger partial charge in [0.25, 0.3) is 0 Å². The van der Waals surface area contributed by atoms with Gasteiger partial charge in [0, 0.05) is 20.2 Å². The summed E-state index contributed by atoms with van der Waals surface area (Å²) in [5.74, 6) is 0. The summed E-state index contributed by atoms with van der Waals surface area (Å²) in [5.41, 5.74) is 5.47. The van der Waals surface area contributed by atoms with Gasteiger partial charge in [-0.3, -0.25) is 0 Å². The average Bonchev–Trinajstić information content (AvgIpc) is 3.47. The smallest absolute Gasteiger partial charge is 0.0368 e. The molecule has 7 aromatic rings. The molecule has 0 bridgehead atoms. The van der Waals surface area contributed by atoms with E-state index in [4.69, 9.17) is 0 Å². The molecule has 0 amide bonds. The van der Waals surface area contributed by atoms with Gasteiger partial charge in [-0.05, 0) is 75.1 Å². The summed E-state index contributed by atoms with van der Waals surface area (Å²) in [6, 6.07) is 47.3. The minimum Gasteiger partial charge on any atom is -0.135 e. The summed E-state index contributed by atoms with van der Waals surface area (Å²) < 4.78 is 2.74. The monoisotopic (exact) mass is 492 g/mol. The summed E-state index contributed by atoms with van der Waals surface area (Å²) in [4.78, 5) is 0. The second-order valence-electron chi connectivity index (χ2n) is 9.36. The lowest BCUT2D eigenvalue weighted by molar-refractivity contribution is 1.70. The molecule has 1 aliphatic carbocycles. The Labute approximate surface area is 215 Å². The fourth-order valence-corrected chi connectivity index (χ4v) is 9.33. The normalized spacial score (nSPS) is 12.1. The van der Waals surface area contributed by atoms with E-state index in [2.05, 4.69) is 127 Å². The molecular weight excluding hydrogens is 471 g/mol. The first kappa shape index (κ1) is 20.4. The topological polar surface area (TPSA) is 0 Å². The third-order valence-electron chi connectivity index (χ3n) is 7.37. The number of rotatable bonds is 3. The number of hydrogen-bond donors (Lipinski definition) is 0. The van der Waals surface area contributed by atoms with Crippen LogP contribution in [0.25, 0.3) is 53.2 Å². The number of hydrogen-bond acceptors (Lipinski definition) is 1. The van der Waals surface area contributed by atoms with Crippen molar-refractivity contribution in [2.75, 3.05) is 0 Å². The molecule has 0 unspecified atom stereocenters. The maximum Gasteiger partial charge on any atom is 0.0368 e. The van der Waals surface area contributed by atoms with Crippen LogP contribution in [-0.2, 0) is 0 Å². The van der Waals surface area contributed by atoms with E-state index in [0.717, 1.165) is 0 Å². The van der Waals surface area contributed by atoms with Crippen LogP contribution in [-0.4, -0.2) is 0 Å². The van der Waals surface area contributed by atoms with Crippen molar-refractivity contribution in [2.45, 2.75) is 0 Å². The van der Waals surface area contributed by atoms with Crippen LogP contribution in [0, 0.1) is 0 Å². The summed E-state index contributed by atoms with van der Waals surface area (Å²) in [7, 11) is -0.632. The minimum atomic E-state index is -0.632. The van der Waals surface area contributed by atoms with Gasteiger partial charge in [-0.25, -0.2) is 0 Å². The molecule has 0 atom stereocenters. The lowest BCUT2D eigenvalue weighted by Crippen LogP contribution is -2.20. The second-order valence-corrected chi connectivity index (χ2v) is 12.7. The number of benzene rings is 6. The molecule has 168 valence electrons. The highest BCUT2D eigenvalue weighted by Gasteiger charge is 2.24. The van der Waals surface area contributed by atoms with Crippen LogP contribution in [0.3, 0.4) is 0 Å². The molecule has 0 fully saturated rings. The molecule has 0 aliphatic heterocycles. The molecule has 1 heterocycles. The molecule has 0 saturated heterocycles. The SMILES string of the molecule is c1ccc(P(c2ccccc2)c2ccc3sc4cc5c6c(cccc6c4c3c2)-c2ccccc2-5)cc1. The van der Waals surface area contributed by atoms with E-state index >= 15 is 0 Å². The zero-order valence-corrected chi connectivity index (χ0v) is 21.2. The van der Waals surface area contributed by atoms with Crippen molar-refractivity contribution in [2.24, 2.45) is 0 Å². The van der Waals surface area contributed by atoms with Gasteiger partial charge < -0.3 is 0 Å². The van der Waals surface area contributed by atoms with Gasteiger partial charge in [0.2, 0.25) is 0 Å². The van der Waals surface area contributed by atoms with E-state index in [0.29, 0.717) is 0 Å². The molecule has 0 N–H and O–H groups in total. The maximum absolute atomic E-state index is 2.48. The van der Waals surface area contributed by atoms with E-state index in [1.165, 1.54) is 69.1 Å². The van der Waals surface area contributed by atoms with Crippen LogP contribution in [0.2, 0.25) is 0 Å². The van der Waals surface area contributed by atoms with Crippen molar-refractivity contribution < 1.29 is 0 Å². The molecule has 0 spiro atoms. The highest BCUT2D eigenvalue weighted by Crippen LogP contribution is 2.51. The molecule has 6 aromatic carbocycles. The summed E-state index contributed by atoms with van der Waals surface area (Å²) >= 11 is 1.92. The lowest BCUT2D eigenvalue weighted by Gasteiger charge is -2.19. The zero-order chi connectivity index (χ0) is 23.6. The highest BCUT2D eigenvalue weighted by molar-refractivity contribution is 7.79. The fraction of sp³-hybridized carbons (Fsp3) is 0. The van der Waals surface area contributed by atoms with Gasteiger partial charge in [0.1, 0.15) is 0 Å². The van der Waals surface area contributed by atoms with E-state index in [1.807, 2.05) is 11.3 Å². The predicted octanol–water partition coefficient (Wildman–Crippen LogP) is 8.61. The van der Waals surface area contributed by atoms with Gasteiger partial charge in [-0.2, -0.15) is 0 Å². The Hall–Kier alpha value is -3.77. The Morgan fingerprint density at radius 2 is 1.03 bits per heavy atom. The summed E-state index contributed by atoms with van der Waals surface area (Å²) in [5, 5.41) is 9.75. The first-order valence-electron chi connectivity index (χ1n) is 12.3. The number of fused-ring (bicyclic) bond motifs is 7. The first-order chi connectivity index (χ1) is 17.9. The quantitative estimate of drug-likeness (QED) is 0.217. The van der Waals surface area contributed by atoms with Gasteiger partial charge in [0.05, 0.1) is 0 Å². The molecule has 36 heavy (non-hydrogen) atoms. The summed E-state index contributed by atoms with van der Waals surface area (Å²) in [6.07, 6.45) is 0. The molecule has 0 saturated carbocycles. The van der Waals surface area contributed by atoms with E-state index in [-0.39, 0.29) is 0 Å². The maximum atomic E-state index is 2.48.